The minimum Gasteiger partial charge on any atom is -0.453 e. The van der Waals surface area contributed by atoms with Crippen LogP contribution in [-0.2, 0) is 9.53 Å². The van der Waals surface area contributed by atoms with Gasteiger partial charge in [-0.25, -0.2) is 4.79 Å². The molecule has 0 aromatic carbocycles. The lowest BCUT2D eigenvalue weighted by Crippen LogP contribution is -2.43. The van der Waals surface area contributed by atoms with Crippen LogP contribution in [0.2, 0.25) is 0 Å². The van der Waals surface area contributed by atoms with Crippen LogP contribution in [0.1, 0.15) is 27.2 Å². The molecule has 76 valence electrons. The first-order valence-corrected chi connectivity index (χ1v) is 4.37. The van der Waals surface area contributed by atoms with E-state index in [9.17, 15) is 9.59 Å². The zero-order valence-corrected chi connectivity index (χ0v) is 8.59. The summed E-state index contributed by atoms with van der Waals surface area (Å²) in [6, 6.07) is -0.433. The van der Waals surface area contributed by atoms with Crippen LogP contribution in [0.15, 0.2) is 0 Å². The fourth-order valence-corrected chi connectivity index (χ4v) is 1.07. The summed E-state index contributed by atoms with van der Waals surface area (Å²) in [5.41, 5.74) is 0. The molecule has 0 aromatic heterocycles. The molecule has 1 N–H and O–H groups in total. The van der Waals surface area contributed by atoms with Gasteiger partial charge in [0.1, 0.15) is 0 Å². The molecule has 0 aromatic rings. The van der Waals surface area contributed by atoms with Crippen molar-refractivity contribution in [1.82, 2.24) is 5.32 Å². The van der Waals surface area contributed by atoms with E-state index >= 15 is 0 Å². The quantitative estimate of drug-likeness (QED) is 0.722. The van der Waals surface area contributed by atoms with Gasteiger partial charge in [0.05, 0.1) is 13.2 Å². The van der Waals surface area contributed by atoms with E-state index in [1.54, 1.807) is 0 Å². The number of alkyl carbamates (subject to hydrolysis) is 1. The van der Waals surface area contributed by atoms with Crippen molar-refractivity contribution < 1.29 is 14.3 Å². The highest BCUT2D eigenvalue weighted by atomic mass is 16.5. The molecule has 1 unspecified atom stereocenters. The van der Waals surface area contributed by atoms with Crippen molar-refractivity contribution in [2.24, 2.45) is 5.92 Å². The molecule has 0 aliphatic rings. The van der Waals surface area contributed by atoms with E-state index in [0.717, 1.165) is 6.42 Å². The Morgan fingerprint density at radius 2 is 2.00 bits per heavy atom. The maximum atomic E-state index is 11.1. The Bertz CT molecular complexity index is 191. The molecular weight excluding hydrogens is 170 g/mol. The van der Waals surface area contributed by atoms with Crippen LogP contribution in [0, 0.1) is 5.92 Å². The summed E-state index contributed by atoms with van der Waals surface area (Å²) < 4.78 is 4.42. The molecule has 0 aliphatic carbocycles. The Morgan fingerprint density at radius 1 is 1.46 bits per heavy atom. The fraction of sp³-hybridized carbons (Fsp3) is 0.778. The fourth-order valence-electron chi connectivity index (χ4n) is 1.07. The molecule has 4 heteroatoms. The van der Waals surface area contributed by atoms with Gasteiger partial charge < -0.3 is 10.1 Å². The van der Waals surface area contributed by atoms with E-state index in [1.807, 2.05) is 13.8 Å². The predicted molar refractivity (Wildman–Crippen MR) is 49.5 cm³/mol. The lowest BCUT2D eigenvalue weighted by atomic mass is 9.96. The highest BCUT2D eigenvalue weighted by molar-refractivity contribution is 5.85. The van der Waals surface area contributed by atoms with Gasteiger partial charge in [-0.2, -0.15) is 0 Å². The van der Waals surface area contributed by atoms with E-state index in [0.29, 0.717) is 0 Å². The number of Topliss-reactive ketones (excluding diaryl/α,β-unsaturated/α-hetero) is 1. The minimum atomic E-state index is -0.555. The molecule has 0 bridgehead atoms. The van der Waals surface area contributed by atoms with Crippen molar-refractivity contribution in [1.29, 1.82) is 0 Å². The number of carbonyl (C=O) groups excluding carboxylic acids is 2. The number of carbonyl (C=O) groups is 2. The van der Waals surface area contributed by atoms with Crippen LogP contribution in [0.25, 0.3) is 0 Å². The van der Waals surface area contributed by atoms with Crippen LogP contribution in [-0.4, -0.2) is 25.0 Å². The molecule has 0 heterocycles. The van der Waals surface area contributed by atoms with Crippen molar-refractivity contribution in [2.75, 3.05) is 7.11 Å². The van der Waals surface area contributed by atoms with Crippen LogP contribution < -0.4 is 5.32 Å². The number of methoxy groups -OCH3 is 1. The van der Waals surface area contributed by atoms with Gasteiger partial charge in [0.25, 0.3) is 0 Å². The summed E-state index contributed by atoms with van der Waals surface area (Å²) in [6.45, 7) is 5.36. The number of rotatable bonds is 4. The van der Waals surface area contributed by atoms with Crippen LogP contribution in [0.3, 0.4) is 0 Å². The Labute approximate surface area is 78.6 Å². The maximum absolute atomic E-state index is 11.1. The molecule has 2 atom stereocenters. The SMILES string of the molecule is CC[C@@H](C)C(NC(=O)OC)C(C)=O. The van der Waals surface area contributed by atoms with Gasteiger partial charge in [-0.05, 0) is 12.8 Å². The second-order valence-corrected chi connectivity index (χ2v) is 3.11. The van der Waals surface area contributed by atoms with Crippen molar-refractivity contribution in [3.05, 3.63) is 0 Å². The van der Waals surface area contributed by atoms with Gasteiger partial charge in [0.15, 0.2) is 5.78 Å². The topological polar surface area (TPSA) is 55.4 Å². The largest absolute Gasteiger partial charge is 0.453 e. The maximum Gasteiger partial charge on any atom is 0.407 e. The van der Waals surface area contributed by atoms with Crippen molar-refractivity contribution in [3.63, 3.8) is 0 Å². The van der Waals surface area contributed by atoms with Crippen molar-refractivity contribution in [3.8, 4) is 0 Å². The second kappa shape index (κ2) is 5.56. The molecule has 1 amide bonds. The molecule has 0 spiro atoms. The molecule has 0 fully saturated rings. The van der Waals surface area contributed by atoms with E-state index in [-0.39, 0.29) is 11.7 Å². The number of nitrogens with one attached hydrogen (secondary N) is 1. The van der Waals surface area contributed by atoms with Crippen molar-refractivity contribution >= 4 is 11.9 Å². The van der Waals surface area contributed by atoms with Crippen LogP contribution in [0.5, 0.6) is 0 Å². The molecular formula is C9H17NO3. The highest BCUT2D eigenvalue weighted by Crippen LogP contribution is 2.08. The van der Waals surface area contributed by atoms with Gasteiger partial charge in [-0.3, -0.25) is 4.79 Å². The molecule has 0 saturated carbocycles. The summed E-state index contributed by atoms with van der Waals surface area (Å²) in [4.78, 5) is 22.0. The summed E-state index contributed by atoms with van der Waals surface area (Å²) in [7, 11) is 1.28. The van der Waals surface area contributed by atoms with Gasteiger partial charge in [0, 0.05) is 0 Å². The summed E-state index contributed by atoms with van der Waals surface area (Å²) in [6.07, 6.45) is 0.286. The molecule has 0 radical (unpaired) electrons. The molecule has 4 nitrogen and oxygen atoms in total. The minimum absolute atomic E-state index is 0.0419. The summed E-state index contributed by atoms with van der Waals surface area (Å²) in [5.74, 6) is 0.0938. The number of hydrogen-bond donors (Lipinski definition) is 1. The summed E-state index contributed by atoms with van der Waals surface area (Å²) in [5, 5.41) is 2.51. The third-order valence-corrected chi connectivity index (χ3v) is 2.11. The number of amides is 1. The van der Waals surface area contributed by atoms with Gasteiger partial charge in [-0.15, -0.1) is 0 Å². The standard InChI is InChI=1S/C9H17NO3/c1-5-6(2)8(7(3)11)10-9(12)13-4/h6,8H,5H2,1-4H3,(H,10,12)/t6-,8?/m1/s1. The van der Waals surface area contributed by atoms with E-state index in [2.05, 4.69) is 10.1 Å². The third-order valence-electron chi connectivity index (χ3n) is 2.11. The smallest absolute Gasteiger partial charge is 0.407 e. The number of hydrogen-bond acceptors (Lipinski definition) is 3. The van der Waals surface area contributed by atoms with Crippen molar-refractivity contribution in [2.45, 2.75) is 33.2 Å². The highest BCUT2D eigenvalue weighted by Gasteiger charge is 2.22. The second-order valence-electron chi connectivity index (χ2n) is 3.11. The summed E-state index contributed by atoms with van der Waals surface area (Å²) >= 11 is 0. The Balaban J connectivity index is 4.26. The first-order chi connectivity index (χ1) is 6.02. The van der Waals surface area contributed by atoms with Gasteiger partial charge >= 0.3 is 6.09 Å². The molecule has 0 rings (SSSR count). The van der Waals surface area contributed by atoms with Gasteiger partial charge in [-0.1, -0.05) is 20.3 Å². The zero-order chi connectivity index (χ0) is 10.4. The monoisotopic (exact) mass is 187 g/mol. The van der Waals surface area contributed by atoms with E-state index in [4.69, 9.17) is 0 Å². The first kappa shape index (κ1) is 11.9. The average Bonchev–Trinajstić information content (AvgIpc) is 2.11. The normalized spacial score (nSPS) is 14.5. The molecule has 0 aliphatic heterocycles. The first-order valence-electron chi connectivity index (χ1n) is 4.37. The Hall–Kier alpha value is -1.06. The average molecular weight is 187 g/mol. The zero-order valence-electron chi connectivity index (χ0n) is 8.59. The van der Waals surface area contributed by atoms with E-state index in [1.165, 1.54) is 14.0 Å². The van der Waals surface area contributed by atoms with Gasteiger partial charge in [0.2, 0.25) is 0 Å². The number of ketones is 1. The predicted octanol–water partition coefficient (Wildman–Crippen LogP) is 1.35. The lowest BCUT2D eigenvalue weighted by Gasteiger charge is -2.20. The third kappa shape index (κ3) is 3.92. The number of ether oxygens (including phenoxy) is 1. The Morgan fingerprint density at radius 3 is 2.31 bits per heavy atom. The Kier molecular flexibility index (Phi) is 5.11. The van der Waals surface area contributed by atoms with Crippen LogP contribution >= 0.6 is 0 Å². The molecule has 13 heavy (non-hydrogen) atoms. The van der Waals surface area contributed by atoms with E-state index < -0.39 is 12.1 Å². The lowest BCUT2D eigenvalue weighted by molar-refractivity contribution is -0.120. The van der Waals surface area contributed by atoms with Crippen LogP contribution in [0.4, 0.5) is 4.79 Å². The molecule has 0 saturated heterocycles.